The fourth-order valence-electron chi connectivity index (χ4n) is 1.69. The van der Waals surface area contributed by atoms with E-state index in [2.05, 4.69) is 32.6 Å². The molecule has 116 valence electrons. The first-order chi connectivity index (χ1) is 8.97. The van der Waals surface area contributed by atoms with Crippen LogP contribution < -0.4 is 0 Å². The molecule has 0 aliphatic heterocycles. The lowest BCUT2D eigenvalue weighted by Gasteiger charge is -2.15. The third-order valence-corrected chi connectivity index (χ3v) is 2.98. The highest BCUT2D eigenvalue weighted by Crippen LogP contribution is 2.08. The van der Waals surface area contributed by atoms with Gasteiger partial charge in [-0.05, 0) is 25.4 Å². The van der Waals surface area contributed by atoms with Crippen LogP contribution in [0.15, 0.2) is 0 Å². The molecule has 0 bridgehead atoms. The lowest BCUT2D eigenvalue weighted by molar-refractivity contribution is -0.137. The zero-order valence-corrected chi connectivity index (χ0v) is 13.2. The number of carboxylic acid groups (broad SMARTS) is 1. The van der Waals surface area contributed by atoms with Crippen LogP contribution in [0.5, 0.6) is 0 Å². The Labute approximate surface area is 118 Å². The van der Waals surface area contributed by atoms with Gasteiger partial charge in [0.05, 0.1) is 6.61 Å². The van der Waals surface area contributed by atoms with Gasteiger partial charge in [-0.15, -0.1) is 0 Å². The molecule has 19 heavy (non-hydrogen) atoms. The third kappa shape index (κ3) is 19.9. The summed E-state index contributed by atoms with van der Waals surface area (Å²) in [5.74, 6) is 0.0781. The highest BCUT2D eigenvalue weighted by Gasteiger charge is 1.97. The second kappa shape index (κ2) is 15.4. The first kappa shape index (κ1) is 20.7. The number of aliphatic hydroxyl groups is 1. The van der Waals surface area contributed by atoms with Gasteiger partial charge in [-0.1, -0.05) is 47.0 Å². The van der Waals surface area contributed by atoms with E-state index in [-0.39, 0.29) is 6.61 Å². The van der Waals surface area contributed by atoms with Crippen LogP contribution in [0.3, 0.4) is 0 Å². The number of nitrogens with zero attached hydrogens (tertiary/aromatic N) is 1. The molecule has 4 nitrogen and oxygen atoms in total. The summed E-state index contributed by atoms with van der Waals surface area (Å²) in [6, 6.07) is 0. The summed E-state index contributed by atoms with van der Waals surface area (Å²) < 4.78 is 0. The van der Waals surface area contributed by atoms with Crippen LogP contribution in [0.1, 0.15) is 59.8 Å². The zero-order chi connectivity index (χ0) is 15.1. The van der Waals surface area contributed by atoms with E-state index >= 15 is 0 Å². The quantitative estimate of drug-likeness (QED) is 0.602. The lowest BCUT2D eigenvalue weighted by atomic mass is 10.0. The van der Waals surface area contributed by atoms with Crippen molar-refractivity contribution >= 4 is 5.97 Å². The van der Waals surface area contributed by atoms with Gasteiger partial charge < -0.3 is 15.1 Å². The Balaban J connectivity index is 0. The summed E-state index contributed by atoms with van der Waals surface area (Å²) in [5, 5.41) is 16.8. The second-order valence-electron chi connectivity index (χ2n) is 5.14. The molecular formula is C15H33NO3. The number of carbonyl (C=O) groups is 1. The number of hydrogen-bond acceptors (Lipinski definition) is 3. The monoisotopic (exact) mass is 275 g/mol. The summed E-state index contributed by atoms with van der Waals surface area (Å²) in [7, 11) is 0. The molecule has 0 atom stereocenters. The van der Waals surface area contributed by atoms with Gasteiger partial charge >= 0.3 is 5.97 Å². The Morgan fingerprint density at radius 1 is 1.11 bits per heavy atom. The zero-order valence-electron chi connectivity index (χ0n) is 13.2. The summed E-state index contributed by atoms with van der Waals surface area (Å²) >= 11 is 0. The average Bonchev–Trinajstić information content (AvgIpc) is 2.35. The maximum absolute atomic E-state index is 10.1. The van der Waals surface area contributed by atoms with Crippen molar-refractivity contribution in [1.82, 2.24) is 4.90 Å². The van der Waals surface area contributed by atoms with Gasteiger partial charge in [-0.25, -0.2) is 0 Å². The first-order valence-corrected chi connectivity index (χ1v) is 7.52. The predicted molar refractivity (Wildman–Crippen MR) is 80.4 cm³/mol. The Hall–Kier alpha value is -0.610. The number of hydrogen-bond donors (Lipinski definition) is 2. The Bertz CT molecular complexity index is 192. The van der Waals surface area contributed by atoms with Gasteiger partial charge in [0, 0.05) is 13.0 Å². The molecule has 0 aliphatic carbocycles. The summed E-state index contributed by atoms with van der Waals surface area (Å²) in [5.41, 5.74) is 0. The Morgan fingerprint density at radius 3 is 2.00 bits per heavy atom. The Kier molecular flexibility index (Phi) is 16.8. The molecule has 4 heteroatoms. The highest BCUT2D eigenvalue weighted by atomic mass is 16.4. The van der Waals surface area contributed by atoms with Crippen molar-refractivity contribution in [1.29, 1.82) is 0 Å². The van der Waals surface area contributed by atoms with E-state index < -0.39 is 5.97 Å². The van der Waals surface area contributed by atoms with Crippen LogP contribution in [-0.4, -0.2) is 47.3 Å². The van der Waals surface area contributed by atoms with Crippen LogP contribution in [0.2, 0.25) is 0 Å². The van der Waals surface area contributed by atoms with Crippen LogP contribution in [0, 0.1) is 5.92 Å². The van der Waals surface area contributed by atoms with Crippen molar-refractivity contribution in [3.8, 4) is 0 Å². The van der Waals surface area contributed by atoms with E-state index in [1.54, 1.807) is 0 Å². The molecule has 0 aliphatic rings. The van der Waals surface area contributed by atoms with Crippen molar-refractivity contribution in [3.05, 3.63) is 0 Å². The van der Waals surface area contributed by atoms with Crippen molar-refractivity contribution in [2.45, 2.75) is 59.8 Å². The minimum Gasteiger partial charge on any atom is -0.481 e. The number of likely N-dealkylation sites (N-methyl/N-ethyl adjacent to an activating group) is 1. The molecule has 0 aromatic rings. The molecule has 0 aromatic carbocycles. The minimum atomic E-state index is -0.672. The summed E-state index contributed by atoms with van der Waals surface area (Å²) in [6.07, 6.45) is 4.62. The number of aliphatic hydroxyl groups excluding tert-OH is 1. The lowest BCUT2D eigenvalue weighted by Crippen LogP contribution is -2.25. The third-order valence-electron chi connectivity index (χ3n) is 2.98. The van der Waals surface area contributed by atoms with Crippen LogP contribution >= 0.6 is 0 Å². The van der Waals surface area contributed by atoms with Gasteiger partial charge in [-0.3, -0.25) is 4.79 Å². The van der Waals surface area contributed by atoms with Crippen molar-refractivity contribution in [2.75, 3.05) is 26.2 Å². The fraction of sp³-hybridized carbons (Fsp3) is 0.933. The van der Waals surface area contributed by atoms with E-state index in [1.165, 1.54) is 12.8 Å². The molecule has 2 N–H and O–H groups in total. The number of unbranched alkanes of at least 4 members (excludes halogenated alkanes) is 2. The predicted octanol–water partition coefficient (Wildman–Crippen LogP) is 3.00. The molecule has 0 spiro atoms. The SMILES string of the molecule is CC(C)CCCCCC(=O)O.CCN(CC)CCO. The van der Waals surface area contributed by atoms with E-state index in [0.717, 1.165) is 38.4 Å². The highest BCUT2D eigenvalue weighted by molar-refractivity contribution is 5.66. The molecule has 0 aromatic heterocycles. The minimum absolute atomic E-state index is 0.279. The normalized spacial score (nSPS) is 10.5. The molecule has 0 saturated carbocycles. The largest absolute Gasteiger partial charge is 0.481 e. The molecule has 0 fully saturated rings. The van der Waals surface area contributed by atoms with Gasteiger partial charge in [0.1, 0.15) is 0 Å². The standard InChI is InChI=1S/C9H18O2.C6H15NO/c1-8(2)6-4-3-5-7-9(10)11;1-3-7(4-2)5-6-8/h8H,3-7H2,1-2H3,(H,10,11);8H,3-6H2,1-2H3. The topological polar surface area (TPSA) is 60.8 Å². The van der Waals surface area contributed by atoms with E-state index in [1.807, 2.05) is 0 Å². The van der Waals surface area contributed by atoms with Crippen molar-refractivity contribution < 1.29 is 15.0 Å². The molecule has 0 saturated heterocycles. The van der Waals surface area contributed by atoms with Crippen LogP contribution in [-0.2, 0) is 4.79 Å². The molecule has 0 rings (SSSR count). The van der Waals surface area contributed by atoms with E-state index in [0.29, 0.717) is 6.42 Å². The van der Waals surface area contributed by atoms with Crippen molar-refractivity contribution in [2.24, 2.45) is 5.92 Å². The average molecular weight is 275 g/mol. The maximum Gasteiger partial charge on any atom is 0.303 e. The molecule has 0 amide bonds. The van der Waals surface area contributed by atoms with Gasteiger partial charge in [-0.2, -0.15) is 0 Å². The Morgan fingerprint density at radius 2 is 1.68 bits per heavy atom. The van der Waals surface area contributed by atoms with Gasteiger partial charge in [0.15, 0.2) is 0 Å². The van der Waals surface area contributed by atoms with E-state index in [4.69, 9.17) is 10.2 Å². The van der Waals surface area contributed by atoms with Crippen molar-refractivity contribution in [3.63, 3.8) is 0 Å². The van der Waals surface area contributed by atoms with Crippen LogP contribution in [0.25, 0.3) is 0 Å². The van der Waals surface area contributed by atoms with Gasteiger partial charge in [0.2, 0.25) is 0 Å². The summed E-state index contributed by atoms with van der Waals surface area (Å²) in [6.45, 7) is 11.7. The molecule has 0 radical (unpaired) electrons. The maximum atomic E-state index is 10.1. The smallest absolute Gasteiger partial charge is 0.303 e. The molecule has 0 unspecified atom stereocenters. The molecule has 0 heterocycles. The molecular weight excluding hydrogens is 242 g/mol. The van der Waals surface area contributed by atoms with Gasteiger partial charge in [0.25, 0.3) is 0 Å². The van der Waals surface area contributed by atoms with Crippen LogP contribution in [0.4, 0.5) is 0 Å². The second-order valence-corrected chi connectivity index (χ2v) is 5.14. The summed E-state index contributed by atoms with van der Waals surface area (Å²) in [4.78, 5) is 12.3. The number of carboxylic acids is 1. The number of aliphatic carboxylic acids is 1. The fourth-order valence-corrected chi connectivity index (χ4v) is 1.69. The first-order valence-electron chi connectivity index (χ1n) is 7.52. The number of rotatable bonds is 10. The van der Waals surface area contributed by atoms with E-state index in [9.17, 15) is 4.79 Å².